The number of benzene rings is 1. The number of methoxy groups -OCH3 is 1. The number of hydrogen-bond donors (Lipinski definition) is 2. The maximum Gasteiger partial charge on any atom is 0.337 e. The van der Waals surface area contributed by atoms with Crippen molar-refractivity contribution in [1.82, 2.24) is 14.8 Å². The van der Waals surface area contributed by atoms with Crippen LogP contribution in [0, 0.1) is 0 Å². The van der Waals surface area contributed by atoms with Crippen LogP contribution in [-0.2, 0) is 17.7 Å². The third kappa shape index (κ3) is 4.56. The summed E-state index contributed by atoms with van der Waals surface area (Å²) in [7, 11) is 1.34. The summed E-state index contributed by atoms with van der Waals surface area (Å²) in [6.07, 6.45) is 5.08. The lowest BCUT2D eigenvalue weighted by Gasteiger charge is -2.26. The van der Waals surface area contributed by atoms with Gasteiger partial charge in [-0.2, -0.15) is 0 Å². The van der Waals surface area contributed by atoms with E-state index in [1.54, 1.807) is 24.3 Å². The second-order valence-corrected chi connectivity index (χ2v) is 8.90. The average Bonchev–Trinajstić information content (AvgIpc) is 3.46. The largest absolute Gasteiger partial charge is 0.465 e. The number of anilines is 1. The van der Waals surface area contributed by atoms with Crippen LogP contribution in [0.5, 0.6) is 0 Å². The Bertz CT molecular complexity index is 1090. The van der Waals surface area contributed by atoms with E-state index in [1.165, 1.54) is 23.1 Å². The fraction of sp³-hybridized carbons (Fsp3) is 0.333. The first kappa shape index (κ1) is 22.1. The minimum atomic E-state index is -0.406. The highest BCUT2D eigenvalue weighted by atomic mass is 32.1. The van der Waals surface area contributed by atoms with Gasteiger partial charge in [-0.25, -0.2) is 9.59 Å². The van der Waals surface area contributed by atoms with Gasteiger partial charge >= 0.3 is 12.0 Å². The quantitative estimate of drug-likeness (QED) is 0.537. The van der Waals surface area contributed by atoms with Crippen molar-refractivity contribution in [2.45, 2.75) is 32.9 Å². The zero-order valence-electron chi connectivity index (χ0n) is 18.6. The first-order chi connectivity index (χ1) is 15.5. The van der Waals surface area contributed by atoms with Gasteiger partial charge in [0.25, 0.3) is 0 Å². The number of urea groups is 1. The Hall–Kier alpha value is -3.10. The van der Waals surface area contributed by atoms with E-state index in [9.17, 15) is 9.59 Å². The highest BCUT2D eigenvalue weighted by Crippen LogP contribution is 2.39. The fourth-order valence-corrected chi connectivity index (χ4v) is 5.54. The van der Waals surface area contributed by atoms with Gasteiger partial charge in [-0.05, 0) is 61.9 Å². The lowest BCUT2D eigenvalue weighted by atomic mass is 9.98. The molecule has 1 aliphatic rings. The number of nitrogens with one attached hydrogen (secondary N) is 2. The summed E-state index contributed by atoms with van der Waals surface area (Å²) in [6.45, 7) is 7.25. The normalized spacial score (nSPS) is 14.5. The van der Waals surface area contributed by atoms with E-state index in [2.05, 4.69) is 27.0 Å². The highest BCUT2D eigenvalue weighted by molar-refractivity contribution is 7.15. The van der Waals surface area contributed by atoms with Gasteiger partial charge in [0, 0.05) is 41.6 Å². The third-order valence-corrected chi connectivity index (χ3v) is 7.03. The van der Waals surface area contributed by atoms with E-state index in [4.69, 9.17) is 4.74 Å². The van der Waals surface area contributed by atoms with Gasteiger partial charge in [-0.3, -0.25) is 4.90 Å². The Balaban J connectivity index is 1.52. The summed E-state index contributed by atoms with van der Waals surface area (Å²) in [4.78, 5) is 28.1. The molecule has 3 heterocycles. The maximum atomic E-state index is 12.7. The number of carbonyl (C=O) groups is 2. The molecule has 0 unspecified atom stereocenters. The second kappa shape index (κ2) is 9.58. The highest BCUT2D eigenvalue weighted by Gasteiger charge is 2.28. The Morgan fingerprint density at radius 3 is 2.56 bits per heavy atom. The number of ether oxygens (including phenoxy) is 1. The number of aromatic nitrogens is 1. The van der Waals surface area contributed by atoms with Gasteiger partial charge in [-0.1, -0.05) is 6.92 Å². The zero-order chi connectivity index (χ0) is 22.7. The van der Waals surface area contributed by atoms with Gasteiger partial charge in [-0.15, -0.1) is 11.3 Å². The average molecular weight is 453 g/mol. The van der Waals surface area contributed by atoms with Gasteiger partial charge in [0.15, 0.2) is 0 Å². The Kier molecular flexibility index (Phi) is 6.62. The van der Waals surface area contributed by atoms with Crippen molar-refractivity contribution < 1.29 is 14.3 Å². The lowest BCUT2D eigenvalue weighted by molar-refractivity contribution is 0.0600. The molecule has 1 aromatic carbocycles. The first-order valence-electron chi connectivity index (χ1n) is 10.8. The van der Waals surface area contributed by atoms with E-state index < -0.39 is 5.97 Å². The first-order valence-corrected chi connectivity index (χ1v) is 11.6. The molecule has 0 saturated heterocycles. The molecule has 8 heteroatoms. The van der Waals surface area contributed by atoms with Gasteiger partial charge in [0.1, 0.15) is 5.00 Å². The Morgan fingerprint density at radius 1 is 1.19 bits per heavy atom. The number of thiophene rings is 1. The molecule has 32 heavy (non-hydrogen) atoms. The smallest absolute Gasteiger partial charge is 0.337 e. The second-order valence-electron chi connectivity index (χ2n) is 7.82. The van der Waals surface area contributed by atoms with Crippen molar-refractivity contribution in [2.24, 2.45) is 0 Å². The molecular formula is C24H28N4O3S. The number of esters is 1. The molecule has 2 aromatic heterocycles. The molecule has 2 amide bonds. The predicted octanol–water partition coefficient (Wildman–Crippen LogP) is 4.59. The molecule has 0 fully saturated rings. The molecule has 7 nitrogen and oxygen atoms in total. The predicted molar refractivity (Wildman–Crippen MR) is 127 cm³/mol. The van der Waals surface area contributed by atoms with Crippen LogP contribution in [0.1, 0.15) is 46.3 Å². The minimum Gasteiger partial charge on any atom is -0.465 e. The molecule has 1 atom stereocenters. The number of carbonyl (C=O) groups excluding carboxylic acids is 2. The number of hydrogen-bond acceptors (Lipinski definition) is 5. The molecule has 0 aliphatic carbocycles. The lowest BCUT2D eigenvalue weighted by Crippen LogP contribution is -2.33. The van der Waals surface area contributed by atoms with Gasteiger partial charge < -0.3 is 19.9 Å². The third-order valence-electron chi connectivity index (χ3n) is 5.79. The summed E-state index contributed by atoms with van der Waals surface area (Å²) in [6, 6.07) is 10.2. The number of amides is 2. The molecule has 3 aromatic rings. The topological polar surface area (TPSA) is 75.6 Å². The van der Waals surface area contributed by atoms with Crippen molar-refractivity contribution >= 4 is 29.0 Å². The van der Waals surface area contributed by atoms with Crippen LogP contribution < -0.4 is 10.6 Å². The Labute approximate surface area is 192 Å². The molecule has 168 valence electrons. The van der Waals surface area contributed by atoms with Crippen molar-refractivity contribution in [1.29, 1.82) is 0 Å². The fourth-order valence-electron chi connectivity index (χ4n) is 4.09. The summed E-state index contributed by atoms with van der Waals surface area (Å²) >= 11 is 1.81. The molecule has 0 radical (unpaired) electrons. The van der Waals surface area contributed by atoms with Crippen molar-refractivity contribution in [3.8, 4) is 5.00 Å². The minimum absolute atomic E-state index is 0.157. The van der Waals surface area contributed by atoms with Crippen LogP contribution in [0.25, 0.3) is 5.00 Å². The Morgan fingerprint density at radius 2 is 1.91 bits per heavy atom. The zero-order valence-corrected chi connectivity index (χ0v) is 19.4. The van der Waals surface area contributed by atoms with Crippen LogP contribution in [0.2, 0.25) is 0 Å². The summed E-state index contributed by atoms with van der Waals surface area (Å²) < 4.78 is 6.84. The van der Waals surface area contributed by atoms with Gasteiger partial charge in [0.05, 0.1) is 18.7 Å². The van der Waals surface area contributed by atoms with Crippen LogP contribution in [0.3, 0.4) is 0 Å². The van der Waals surface area contributed by atoms with Crippen LogP contribution in [0.15, 0.2) is 48.8 Å². The summed E-state index contributed by atoms with van der Waals surface area (Å²) in [5, 5.41) is 7.11. The van der Waals surface area contributed by atoms with Crippen LogP contribution in [0.4, 0.5) is 10.5 Å². The van der Waals surface area contributed by atoms with E-state index in [1.807, 2.05) is 42.8 Å². The van der Waals surface area contributed by atoms with Crippen LogP contribution >= 0.6 is 11.3 Å². The summed E-state index contributed by atoms with van der Waals surface area (Å²) in [5.41, 5.74) is 3.60. The van der Waals surface area contributed by atoms with E-state index in [-0.39, 0.29) is 12.1 Å². The molecule has 1 aliphatic heterocycles. The van der Waals surface area contributed by atoms with E-state index in [0.29, 0.717) is 11.3 Å². The number of nitrogens with zero attached hydrogens (tertiary/aromatic N) is 2. The monoisotopic (exact) mass is 452 g/mol. The van der Waals surface area contributed by atoms with Crippen molar-refractivity contribution in [3.05, 3.63) is 70.4 Å². The molecule has 4 rings (SSSR count). The standard InChI is InChI=1S/C24H28N4O3S/c1-4-27-14-11-19-20(15-27)32-22(28-12-5-6-13-28)21(19)16(2)25-24(30)26-18-9-7-17(8-10-18)23(29)31-3/h5-10,12-13,16H,4,11,14-15H2,1-3H3,(H2,25,26,30)/t16-/m0/s1. The van der Waals surface area contributed by atoms with Crippen molar-refractivity contribution in [3.63, 3.8) is 0 Å². The number of fused-ring (bicyclic) bond motifs is 1. The molecule has 0 bridgehead atoms. The summed E-state index contributed by atoms with van der Waals surface area (Å²) in [5.74, 6) is -0.406. The maximum absolute atomic E-state index is 12.7. The van der Waals surface area contributed by atoms with Crippen molar-refractivity contribution in [2.75, 3.05) is 25.5 Å². The molecular weight excluding hydrogens is 424 g/mol. The number of rotatable bonds is 6. The molecule has 0 saturated carbocycles. The molecule has 0 spiro atoms. The van der Waals surface area contributed by atoms with Crippen LogP contribution in [-0.4, -0.2) is 41.7 Å². The molecule has 2 N–H and O–H groups in total. The SMILES string of the molecule is CCN1CCc2c(sc(-n3cccc3)c2[C@H](C)NC(=O)Nc2ccc(C(=O)OC)cc2)C1. The van der Waals surface area contributed by atoms with E-state index in [0.717, 1.165) is 31.1 Å². The number of likely N-dealkylation sites (N-methyl/N-ethyl adjacent to an activating group) is 1. The van der Waals surface area contributed by atoms with E-state index >= 15 is 0 Å². The van der Waals surface area contributed by atoms with Gasteiger partial charge in [0.2, 0.25) is 0 Å².